The molecule has 1 aliphatic heterocycles. The molecule has 2 aromatic carbocycles. The molecule has 2 aromatic rings. The number of rotatable bonds is 4. The summed E-state index contributed by atoms with van der Waals surface area (Å²) in [6, 6.07) is 17.1. The fourth-order valence-electron chi connectivity index (χ4n) is 2.72. The summed E-state index contributed by atoms with van der Waals surface area (Å²) < 4.78 is 0.843. The molecule has 0 saturated carbocycles. The Labute approximate surface area is 176 Å². The quantitative estimate of drug-likeness (QED) is 0.404. The van der Waals surface area contributed by atoms with E-state index in [1.807, 2.05) is 12.1 Å². The highest BCUT2D eigenvalue weighted by Gasteiger charge is 2.23. The second-order valence-corrected chi connectivity index (χ2v) is 6.93. The van der Waals surface area contributed by atoms with Gasteiger partial charge in [0.1, 0.15) is 17.9 Å². The van der Waals surface area contributed by atoms with E-state index in [-0.39, 0.29) is 22.8 Å². The molecular weight excluding hydrogens is 430 g/mol. The number of benzene rings is 2. The summed E-state index contributed by atoms with van der Waals surface area (Å²) in [5.41, 5.74) is 1.60. The van der Waals surface area contributed by atoms with Gasteiger partial charge in [-0.2, -0.15) is 10.5 Å². The molecule has 1 heterocycles. The lowest BCUT2D eigenvalue weighted by Crippen LogP contribution is -2.24. The maximum absolute atomic E-state index is 13.4. The van der Waals surface area contributed by atoms with Crippen molar-refractivity contribution in [2.45, 2.75) is 0 Å². The van der Waals surface area contributed by atoms with Crippen LogP contribution in [0.4, 0.5) is 0 Å². The van der Waals surface area contributed by atoms with E-state index in [4.69, 9.17) is 0 Å². The van der Waals surface area contributed by atoms with E-state index < -0.39 is 0 Å². The van der Waals surface area contributed by atoms with E-state index in [2.05, 4.69) is 15.9 Å². The zero-order chi connectivity index (χ0) is 20.8. The molecule has 0 aromatic heterocycles. The molecule has 1 N–H and O–H groups in total. The van der Waals surface area contributed by atoms with Crippen LogP contribution in [0.25, 0.3) is 6.08 Å². The molecule has 0 bridgehead atoms. The summed E-state index contributed by atoms with van der Waals surface area (Å²) in [5.74, 6) is -0.168. The number of carbonyl (C=O) groups is 1. The number of hydrogen-bond acceptors (Lipinski definition) is 5. The summed E-state index contributed by atoms with van der Waals surface area (Å²) >= 11 is 3.36. The summed E-state index contributed by atoms with van der Waals surface area (Å²) in [4.78, 5) is 14.9. The van der Waals surface area contributed by atoms with Crippen molar-refractivity contribution in [2.24, 2.45) is 0 Å². The highest BCUT2D eigenvalue weighted by atomic mass is 79.9. The lowest BCUT2D eigenvalue weighted by atomic mass is 10.0. The van der Waals surface area contributed by atoms with Crippen LogP contribution in [-0.2, 0) is 0 Å². The van der Waals surface area contributed by atoms with Crippen molar-refractivity contribution in [2.75, 3.05) is 0 Å². The minimum Gasteiger partial charge on any atom is -0.508 e. The Morgan fingerprint density at radius 1 is 1.00 bits per heavy atom. The van der Waals surface area contributed by atoms with E-state index in [9.17, 15) is 20.4 Å². The van der Waals surface area contributed by atoms with Gasteiger partial charge in [0.05, 0.1) is 11.4 Å². The predicted octanol–water partition coefficient (Wildman–Crippen LogP) is 5.07. The average molecular weight is 444 g/mol. The second-order valence-electron chi connectivity index (χ2n) is 6.01. The fourth-order valence-corrected chi connectivity index (χ4v) is 2.98. The largest absolute Gasteiger partial charge is 0.508 e. The van der Waals surface area contributed by atoms with E-state index in [1.54, 1.807) is 66.9 Å². The van der Waals surface area contributed by atoms with Crippen LogP contribution in [0, 0.1) is 22.7 Å². The first-order chi connectivity index (χ1) is 14.0. The Bertz CT molecular complexity index is 1130. The highest BCUT2D eigenvalue weighted by molar-refractivity contribution is 9.10. The van der Waals surface area contributed by atoms with Gasteiger partial charge in [0.15, 0.2) is 5.57 Å². The van der Waals surface area contributed by atoms with Crippen LogP contribution < -0.4 is 0 Å². The molecule has 140 valence electrons. The van der Waals surface area contributed by atoms with Gasteiger partial charge >= 0.3 is 0 Å². The average Bonchev–Trinajstić information content (AvgIpc) is 2.75. The molecule has 0 unspecified atom stereocenters. The van der Waals surface area contributed by atoms with Crippen molar-refractivity contribution < 1.29 is 9.90 Å². The number of phenolic OH excluding ortho intramolecular Hbond substituents is 1. The molecule has 0 amide bonds. The number of nitriles is 2. The van der Waals surface area contributed by atoms with Crippen LogP contribution >= 0.6 is 15.9 Å². The molecule has 29 heavy (non-hydrogen) atoms. The zero-order valence-electron chi connectivity index (χ0n) is 15.1. The van der Waals surface area contributed by atoms with Gasteiger partial charge in [0.2, 0.25) is 5.78 Å². The Morgan fingerprint density at radius 2 is 1.66 bits per heavy atom. The Hall–Kier alpha value is -3.87. The third-order valence-electron chi connectivity index (χ3n) is 4.13. The first-order valence-electron chi connectivity index (χ1n) is 8.53. The molecule has 3 rings (SSSR count). The van der Waals surface area contributed by atoms with Crippen molar-refractivity contribution >= 4 is 27.8 Å². The van der Waals surface area contributed by atoms with E-state index >= 15 is 0 Å². The number of aromatic hydroxyl groups is 1. The number of allylic oxidation sites excluding steroid dienone is 5. The Morgan fingerprint density at radius 3 is 2.28 bits per heavy atom. The van der Waals surface area contributed by atoms with Crippen LogP contribution in [0.15, 0.2) is 94.4 Å². The van der Waals surface area contributed by atoms with Gasteiger partial charge in [0, 0.05) is 16.2 Å². The van der Waals surface area contributed by atoms with Crippen molar-refractivity contribution in [1.82, 2.24) is 4.90 Å². The van der Waals surface area contributed by atoms with Crippen LogP contribution in [0.3, 0.4) is 0 Å². The topological polar surface area (TPSA) is 88.1 Å². The third-order valence-corrected chi connectivity index (χ3v) is 4.66. The van der Waals surface area contributed by atoms with Gasteiger partial charge < -0.3 is 10.0 Å². The lowest BCUT2D eigenvalue weighted by molar-refractivity contribution is 0.101. The molecule has 0 saturated heterocycles. The van der Waals surface area contributed by atoms with Crippen LogP contribution in [0.1, 0.15) is 15.9 Å². The Balaban J connectivity index is 2.17. The number of hydrogen-bond donors (Lipinski definition) is 1. The molecule has 6 heteroatoms. The van der Waals surface area contributed by atoms with Gasteiger partial charge in [0.25, 0.3) is 0 Å². The van der Waals surface area contributed by atoms with Crippen LogP contribution in [0.2, 0.25) is 0 Å². The molecular formula is C23H14BrN3O2. The predicted molar refractivity (Wildman–Crippen MR) is 113 cm³/mol. The Kier molecular flexibility index (Phi) is 6.09. The number of carbonyl (C=O) groups excluding carboxylic acids is 1. The summed E-state index contributed by atoms with van der Waals surface area (Å²) in [7, 11) is 0. The molecule has 0 spiro atoms. The van der Waals surface area contributed by atoms with Crippen molar-refractivity contribution in [1.29, 1.82) is 10.5 Å². The standard InChI is InChI=1S/C23H14BrN3O2/c24-19-8-6-17(7-9-19)23(29)22(13-16-4-10-20(28)11-5-16)27-12-2-1-3-21(27)18(14-25)15-26/h1-13,28H. The monoisotopic (exact) mass is 443 g/mol. The number of ketones is 1. The van der Waals surface area contributed by atoms with Crippen molar-refractivity contribution in [3.8, 4) is 17.9 Å². The summed E-state index contributed by atoms with van der Waals surface area (Å²) in [6.45, 7) is 0. The van der Waals surface area contributed by atoms with Crippen LogP contribution in [0.5, 0.6) is 5.75 Å². The minimum atomic E-state index is -0.279. The first-order valence-corrected chi connectivity index (χ1v) is 9.32. The molecule has 0 radical (unpaired) electrons. The SMILES string of the molecule is N#CC(C#N)=C1C=CC=CN1C(=Cc1ccc(O)cc1)C(=O)c1ccc(Br)cc1. The van der Waals surface area contributed by atoms with E-state index in [0.717, 1.165) is 4.47 Å². The fraction of sp³-hybridized carbons (Fsp3) is 0. The van der Waals surface area contributed by atoms with Crippen LogP contribution in [-0.4, -0.2) is 15.8 Å². The molecule has 0 aliphatic carbocycles. The maximum atomic E-state index is 13.4. The minimum absolute atomic E-state index is 0.106. The van der Waals surface area contributed by atoms with Crippen molar-refractivity contribution in [3.63, 3.8) is 0 Å². The zero-order valence-corrected chi connectivity index (χ0v) is 16.7. The summed E-state index contributed by atoms with van der Waals surface area (Å²) in [5, 5.41) is 28.2. The number of phenols is 1. The molecule has 0 fully saturated rings. The van der Waals surface area contributed by atoms with E-state index in [0.29, 0.717) is 16.8 Å². The number of nitrogens with zero attached hydrogens (tertiary/aromatic N) is 3. The second kappa shape index (κ2) is 8.88. The van der Waals surface area contributed by atoms with Gasteiger partial charge in [-0.1, -0.05) is 34.1 Å². The van der Waals surface area contributed by atoms with E-state index in [1.165, 1.54) is 17.0 Å². The smallest absolute Gasteiger partial charge is 0.209 e. The third kappa shape index (κ3) is 4.52. The first kappa shape index (κ1) is 19.9. The molecule has 1 aliphatic rings. The van der Waals surface area contributed by atoms with Gasteiger partial charge in [-0.15, -0.1) is 0 Å². The maximum Gasteiger partial charge on any atom is 0.209 e. The number of halogens is 1. The number of Topliss-reactive ketones (excluding diaryl/α,β-unsaturated/α-hetero) is 1. The highest BCUT2D eigenvalue weighted by Crippen LogP contribution is 2.27. The van der Waals surface area contributed by atoms with Gasteiger partial charge in [-0.05, 0) is 60.2 Å². The molecule has 0 atom stereocenters. The van der Waals surface area contributed by atoms with Gasteiger partial charge in [-0.25, -0.2) is 0 Å². The van der Waals surface area contributed by atoms with Gasteiger partial charge in [-0.3, -0.25) is 4.79 Å². The lowest BCUT2D eigenvalue weighted by Gasteiger charge is -2.26. The summed E-state index contributed by atoms with van der Waals surface area (Å²) in [6.07, 6.45) is 8.31. The molecule has 5 nitrogen and oxygen atoms in total. The normalized spacial score (nSPS) is 13.0. The van der Waals surface area contributed by atoms with Crippen molar-refractivity contribution in [3.05, 3.63) is 106 Å².